The van der Waals surface area contributed by atoms with Crippen LogP contribution in [-0.2, 0) is 4.79 Å². The molecule has 17 heavy (non-hydrogen) atoms. The Morgan fingerprint density at radius 3 is 2.47 bits per heavy atom. The molecule has 94 valence electrons. The summed E-state index contributed by atoms with van der Waals surface area (Å²) < 4.78 is 26.6. The number of hydrogen-bond acceptors (Lipinski definition) is 2. The van der Waals surface area contributed by atoms with E-state index in [1.54, 1.807) is 13.8 Å². The van der Waals surface area contributed by atoms with Gasteiger partial charge in [0, 0.05) is 12.1 Å². The van der Waals surface area contributed by atoms with E-state index in [0.29, 0.717) is 0 Å². The maximum atomic E-state index is 13.4. The number of hydrogen-bond donors (Lipinski definition) is 2. The highest BCUT2D eigenvalue weighted by Crippen LogP contribution is 2.23. The number of nitrogens with two attached hydrogens (primary N) is 1. The van der Waals surface area contributed by atoms with Crippen molar-refractivity contribution >= 4 is 27.5 Å². The standard InChI is InChI=1S/C11H13BrF2N2O/c1-5(6(2)15)11(17)16-10-4-8(13)7(12)3-9(10)14/h3-6H,15H2,1-2H3,(H,16,17). The molecule has 1 amide bonds. The third-order valence-electron chi connectivity index (χ3n) is 2.47. The van der Waals surface area contributed by atoms with Crippen LogP contribution in [0.1, 0.15) is 13.8 Å². The van der Waals surface area contributed by atoms with Crippen molar-refractivity contribution in [1.82, 2.24) is 0 Å². The van der Waals surface area contributed by atoms with E-state index < -0.39 is 23.5 Å². The fourth-order valence-corrected chi connectivity index (χ4v) is 1.42. The van der Waals surface area contributed by atoms with Crippen LogP contribution in [-0.4, -0.2) is 11.9 Å². The molecule has 0 fully saturated rings. The minimum absolute atomic E-state index is 0.00763. The Hall–Kier alpha value is -1.01. The molecule has 2 atom stereocenters. The van der Waals surface area contributed by atoms with Crippen LogP contribution in [0.15, 0.2) is 16.6 Å². The van der Waals surface area contributed by atoms with Crippen LogP contribution >= 0.6 is 15.9 Å². The summed E-state index contributed by atoms with van der Waals surface area (Å²) in [7, 11) is 0. The van der Waals surface area contributed by atoms with E-state index in [1.807, 2.05) is 0 Å². The van der Waals surface area contributed by atoms with Gasteiger partial charge in [-0.25, -0.2) is 8.78 Å². The summed E-state index contributed by atoms with van der Waals surface area (Å²) in [4.78, 5) is 11.6. The van der Waals surface area contributed by atoms with Crippen molar-refractivity contribution in [2.45, 2.75) is 19.9 Å². The van der Waals surface area contributed by atoms with Gasteiger partial charge in [0.25, 0.3) is 0 Å². The zero-order chi connectivity index (χ0) is 13.2. The van der Waals surface area contributed by atoms with Crippen LogP contribution in [0, 0.1) is 17.6 Å². The van der Waals surface area contributed by atoms with Crippen LogP contribution < -0.4 is 11.1 Å². The summed E-state index contributed by atoms with van der Waals surface area (Å²) in [5, 5.41) is 2.30. The van der Waals surface area contributed by atoms with E-state index in [4.69, 9.17) is 5.73 Å². The molecule has 0 bridgehead atoms. The van der Waals surface area contributed by atoms with Crippen molar-refractivity contribution in [3.05, 3.63) is 28.2 Å². The average molecular weight is 307 g/mol. The highest BCUT2D eigenvalue weighted by atomic mass is 79.9. The highest BCUT2D eigenvalue weighted by Gasteiger charge is 2.19. The lowest BCUT2D eigenvalue weighted by atomic mass is 10.0. The molecule has 0 aliphatic carbocycles. The van der Waals surface area contributed by atoms with E-state index in [-0.39, 0.29) is 16.2 Å². The minimum Gasteiger partial charge on any atom is -0.327 e. The zero-order valence-electron chi connectivity index (χ0n) is 9.43. The van der Waals surface area contributed by atoms with Crippen LogP contribution in [0.5, 0.6) is 0 Å². The Labute approximate surface area is 107 Å². The Kier molecular flexibility index (Phi) is 4.59. The number of benzene rings is 1. The third kappa shape index (κ3) is 3.47. The van der Waals surface area contributed by atoms with E-state index >= 15 is 0 Å². The predicted molar refractivity (Wildman–Crippen MR) is 65.5 cm³/mol. The minimum atomic E-state index is -0.705. The summed E-state index contributed by atoms with van der Waals surface area (Å²) in [5.74, 6) is -2.28. The first-order valence-corrected chi connectivity index (χ1v) is 5.83. The third-order valence-corrected chi connectivity index (χ3v) is 3.08. The molecule has 0 radical (unpaired) electrons. The molecule has 3 nitrogen and oxygen atoms in total. The molecule has 1 aromatic carbocycles. The lowest BCUT2D eigenvalue weighted by Gasteiger charge is -2.15. The molecule has 1 aromatic rings. The van der Waals surface area contributed by atoms with E-state index in [2.05, 4.69) is 21.2 Å². The van der Waals surface area contributed by atoms with Gasteiger partial charge in [0.1, 0.15) is 11.6 Å². The van der Waals surface area contributed by atoms with Gasteiger partial charge >= 0.3 is 0 Å². The van der Waals surface area contributed by atoms with Gasteiger partial charge in [0.2, 0.25) is 5.91 Å². The molecular formula is C11H13BrF2N2O. The number of anilines is 1. The molecule has 6 heteroatoms. The van der Waals surface area contributed by atoms with Gasteiger partial charge in [-0.3, -0.25) is 4.79 Å². The molecule has 0 saturated carbocycles. The molecule has 1 rings (SSSR count). The van der Waals surface area contributed by atoms with Gasteiger partial charge < -0.3 is 11.1 Å². The van der Waals surface area contributed by atoms with Crippen LogP contribution in [0.3, 0.4) is 0 Å². The van der Waals surface area contributed by atoms with Crippen LogP contribution in [0.2, 0.25) is 0 Å². The van der Waals surface area contributed by atoms with E-state index in [0.717, 1.165) is 12.1 Å². The van der Waals surface area contributed by atoms with E-state index in [9.17, 15) is 13.6 Å². The van der Waals surface area contributed by atoms with Crippen molar-refractivity contribution in [1.29, 1.82) is 0 Å². The first-order chi connectivity index (χ1) is 7.82. The van der Waals surface area contributed by atoms with Crippen LogP contribution in [0.25, 0.3) is 0 Å². The molecule has 0 spiro atoms. The van der Waals surface area contributed by atoms with Crippen molar-refractivity contribution < 1.29 is 13.6 Å². The summed E-state index contributed by atoms with van der Waals surface area (Å²) >= 11 is 2.85. The Morgan fingerprint density at radius 2 is 1.94 bits per heavy atom. The van der Waals surface area contributed by atoms with Gasteiger partial charge in [-0.1, -0.05) is 6.92 Å². The summed E-state index contributed by atoms with van der Waals surface area (Å²) in [6.07, 6.45) is 0. The number of halogens is 3. The molecular weight excluding hydrogens is 294 g/mol. The topological polar surface area (TPSA) is 55.1 Å². The van der Waals surface area contributed by atoms with Gasteiger partial charge in [0.15, 0.2) is 0 Å². The number of amides is 1. The maximum Gasteiger partial charge on any atom is 0.228 e. The first kappa shape index (κ1) is 14.1. The van der Waals surface area contributed by atoms with Crippen LogP contribution in [0.4, 0.5) is 14.5 Å². The summed E-state index contributed by atoms with van der Waals surface area (Å²) in [6, 6.07) is 1.52. The molecule has 2 unspecified atom stereocenters. The lowest BCUT2D eigenvalue weighted by molar-refractivity contribution is -0.119. The Morgan fingerprint density at radius 1 is 1.35 bits per heavy atom. The van der Waals surface area contributed by atoms with E-state index in [1.165, 1.54) is 0 Å². The highest BCUT2D eigenvalue weighted by molar-refractivity contribution is 9.10. The maximum absolute atomic E-state index is 13.4. The molecule has 0 aliphatic rings. The predicted octanol–water partition coefficient (Wildman–Crippen LogP) is 2.65. The van der Waals surface area contributed by atoms with Gasteiger partial charge in [-0.2, -0.15) is 0 Å². The fraction of sp³-hybridized carbons (Fsp3) is 0.364. The second kappa shape index (κ2) is 5.55. The Bertz CT molecular complexity index is 438. The van der Waals surface area contributed by atoms with Crippen molar-refractivity contribution in [3.8, 4) is 0 Å². The first-order valence-electron chi connectivity index (χ1n) is 5.04. The molecule has 0 aliphatic heterocycles. The number of carbonyl (C=O) groups excluding carboxylic acids is 1. The zero-order valence-corrected chi connectivity index (χ0v) is 11.0. The number of rotatable bonds is 3. The summed E-state index contributed by atoms with van der Waals surface area (Å²) in [6.45, 7) is 3.29. The largest absolute Gasteiger partial charge is 0.327 e. The number of carbonyl (C=O) groups is 1. The van der Waals surface area contributed by atoms with Crippen molar-refractivity contribution in [3.63, 3.8) is 0 Å². The van der Waals surface area contributed by atoms with Crippen molar-refractivity contribution in [2.75, 3.05) is 5.32 Å². The van der Waals surface area contributed by atoms with Crippen molar-refractivity contribution in [2.24, 2.45) is 11.7 Å². The van der Waals surface area contributed by atoms with Gasteiger partial charge in [-0.05, 0) is 28.9 Å². The normalized spacial score (nSPS) is 14.2. The second-order valence-electron chi connectivity index (χ2n) is 3.88. The molecule has 3 N–H and O–H groups in total. The second-order valence-corrected chi connectivity index (χ2v) is 4.74. The SMILES string of the molecule is CC(N)C(C)C(=O)Nc1cc(F)c(Br)cc1F. The van der Waals surface area contributed by atoms with Gasteiger partial charge in [0.05, 0.1) is 16.1 Å². The van der Waals surface area contributed by atoms with Gasteiger partial charge in [-0.15, -0.1) is 0 Å². The fourth-order valence-electron chi connectivity index (χ4n) is 1.10. The molecule has 0 heterocycles. The number of nitrogens with one attached hydrogen (secondary N) is 1. The quantitative estimate of drug-likeness (QED) is 0.844. The molecule has 0 aromatic heterocycles. The summed E-state index contributed by atoms with van der Waals surface area (Å²) in [5.41, 5.74) is 5.35. The monoisotopic (exact) mass is 306 g/mol. The lowest BCUT2D eigenvalue weighted by Crippen LogP contribution is -2.34. The smallest absolute Gasteiger partial charge is 0.228 e. The Balaban J connectivity index is 2.89. The molecule has 0 saturated heterocycles. The average Bonchev–Trinajstić information content (AvgIpc) is 2.24.